The van der Waals surface area contributed by atoms with Crippen LogP contribution in [-0.4, -0.2) is 64.2 Å². The second-order valence-electron chi connectivity index (χ2n) is 9.05. The molecule has 0 unspecified atom stereocenters. The average Bonchev–Trinajstić information content (AvgIpc) is 3.05. The van der Waals surface area contributed by atoms with Crippen LogP contribution >= 0.6 is 11.6 Å². The van der Waals surface area contributed by atoms with Crippen LogP contribution in [0.1, 0.15) is 51.4 Å². The van der Waals surface area contributed by atoms with Crippen molar-refractivity contribution in [3.8, 4) is 5.75 Å². The van der Waals surface area contributed by atoms with Crippen molar-refractivity contribution in [2.75, 3.05) is 42.7 Å². The molecular formula is C23H34ClN7O. The van der Waals surface area contributed by atoms with E-state index in [0.717, 1.165) is 38.8 Å². The first-order valence-corrected chi connectivity index (χ1v) is 12.1. The third kappa shape index (κ3) is 5.92. The van der Waals surface area contributed by atoms with Crippen molar-refractivity contribution in [1.82, 2.24) is 19.9 Å². The van der Waals surface area contributed by atoms with Crippen LogP contribution in [0.15, 0.2) is 18.2 Å². The van der Waals surface area contributed by atoms with Crippen LogP contribution in [0.2, 0.25) is 5.02 Å². The highest BCUT2D eigenvalue weighted by Crippen LogP contribution is 2.28. The second kappa shape index (κ2) is 10.5. The van der Waals surface area contributed by atoms with Gasteiger partial charge in [0.15, 0.2) is 0 Å². The first-order chi connectivity index (χ1) is 15.5. The minimum atomic E-state index is 0.0475. The number of rotatable bonds is 6. The summed E-state index contributed by atoms with van der Waals surface area (Å²) < 4.78 is 0. The molecule has 1 saturated carbocycles. The summed E-state index contributed by atoms with van der Waals surface area (Å²) in [7, 11) is 4.24. The molecule has 3 N–H and O–H groups in total. The van der Waals surface area contributed by atoms with Gasteiger partial charge in [-0.25, -0.2) is 0 Å². The number of hydrogen-bond donors (Lipinski definition) is 3. The van der Waals surface area contributed by atoms with Gasteiger partial charge in [0.05, 0.1) is 5.02 Å². The van der Waals surface area contributed by atoms with Gasteiger partial charge in [-0.3, -0.25) is 0 Å². The first kappa shape index (κ1) is 22.9. The fourth-order valence-corrected chi connectivity index (χ4v) is 4.69. The van der Waals surface area contributed by atoms with Gasteiger partial charge in [-0.05, 0) is 64.0 Å². The Bertz CT molecular complexity index is 896. The maximum absolute atomic E-state index is 9.72. The normalized spacial score (nSPS) is 18.8. The third-order valence-corrected chi connectivity index (χ3v) is 6.87. The van der Waals surface area contributed by atoms with E-state index < -0.39 is 0 Å². The fourth-order valence-electron chi connectivity index (χ4n) is 4.51. The van der Waals surface area contributed by atoms with Gasteiger partial charge in [-0.1, -0.05) is 37.3 Å². The fraction of sp³-hybridized carbons (Fsp3) is 0.609. The number of hydrogen-bond acceptors (Lipinski definition) is 8. The Kier molecular flexibility index (Phi) is 7.52. The van der Waals surface area contributed by atoms with Gasteiger partial charge in [0.1, 0.15) is 5.75 Å². The molecule has 1 aromatic carbocycles. The number of likely N-dealkylation sites (tertiary alicyclic amines) is 1. The minimum Gasteiger partial charge on any atom is -0.506 e. The van der Waals surface area contributed by atoms with E-state index in [4.69, 9.17) is 21.6 Å². The summed E-state index contributed by atoms with van der Waals surface area (Å²) in [6.45, 7) is 2.15. The summed E-state index contributed by atoms with van der Waals surface area (Å²) >= 11 is 6.08. The molecule has 174 valence electrons. The van der Waals surface area contributed by atoms with Gasteiger partial charge < -0.3 is 25.5 Å². The molecule has 1 saturated heterocycles. The zero-order chi connectivity index (χ0) is 22.5. The van der Waals surface area contributed by atoms with E-state index in [0.29, 0.717) is 35.6 Å². The summed E-state index contributed by atoms with van der Waals surface area (Å²) in [6.07, 6.45) is 9.53. The van der Waals surface area contributed by atoms with Crippen molar-refractivity contribution in [3.05, 3.63) is 23.2 Å². The van der Waals surface area contributed by atoms with E-state index in [-0.39, 0.29) is 10.8 Å². The lowest BCUT2D eigenvalue weighted by molar-refractivity contribution is 0.252. The molecule has 2 aliphatic rings. The molecule has 0 radical (unpaired) electrons. The van der Waals surface area contributed by atoms with Gasteiger partial charge in [0.25, 0.3) is 0 Å². The Hall–Kier alpha value is -2.32. The smallest absolute Gasteiger partial charge is 0.233 e. The largest absolute Gasteiger partial charge is 0.506 e. The van der Waals surface area contributed by atoms with Gasteiger partial charge in [0, 0.05) is 24.8 Å². The Labute approximate surface area is 195 Å². The molecule has 0 bridgehead atoms. The second-order valence-corrected chi connectivity index (χ2v) is 9.46. The number of aromatic hydroxyl groups is 1. The predicted molar refractivity (Wildman–Crippen MR) is 130 cm³/mol. The molecule has 32 heavy (non-hydrogen) atoms. The Morgan fingerprint density at radius 1 is 1.00 bits per heavy atom. The number of nitrogens with zero attached hydrogens (tertiary/aromatic N) is 5. The molecule has 8 nitrogen and oxygen atoms in total. The van der Waals surface area contributed by atoms with Gasteiger partial charge >= 0.3 is 0 Å². The molecule has 2 fully saturated rings. The van der Waals surface area contributed by atoms with Crippen LogP contribution in [0.3, 0.4) is 0 Å². The molecule has 0 spiro atoms. The van der Waals surface area contributed by atoms with Crippen LogP contribution in [0.4, 0.5) is 23.5 Å². The molecule has 1 aliphatic heterocycles. The predicted octanol–water partition coefficient (Wildman–Crippen LogP) is 4.64. The lowest BCUT2D eigenvalue weighted by Gasteiger charge is -2.35. The first-order valence-electron chi connectivity index (χ1n) is 11.7. The van der Waals surface area contributed by atoms with Crippen LogP contribution in [-0.2, 0) is 0 Å². The van der Waals surface area contributed by atoms with Crippen LogP contribution < -0.4 is 15.5 Å². The summed E-state index contributed by atoms with van der Waals surface area (Å²) in [6, 6.07) is 5.76. The minimum absolute atomic E-state index is 0.0475. The average molecular weight is 460 g/mol. The Balaban J connectivity index is 1.58. The van der Waals surface area contributed by atoms with E-state index in [1.54, 1.807) is 18.2 Å². The number of nitrogens with one attached hydrogen (secondary N) is 2. The van der Waals surface area contributed by atoms with Crippen LogP contribution in [0, 0.1) is 0 Å². The molecule has 1 aliphatic carbocycles. The van der Waals surface area contributed by atoms with E-state index in [1.165, 1.54) is 25.7 Å². The summed E-state index contributed by atoms with van der Waals surface area (Å²) in [4.78, 5) is 18.7. The van der Waals surface area contributed by atoms with Gasteiger partial charge in [-0.15, -0.1) is 0 Å². The Morgan fingerprint density at radius 2 is 1.69 bits per heavy atom. The topological polar surface area (TPSA) is 89.4 Å². The number of phenolic OH excluding ortho intramolecular Hbond substituents is 1. The van der Waals surface area contributed by atoms with Crippen molar-refractivity contribution in [2.45, 2.75) is 63.5 Å². The highest BCUT2D eigenvalue weighted by molar-refractivity contribution is 6.32. The number of benzene rings is 1. The summed E-state index contributed by atoms with van der Waals surface area (Å²) in [5.41, 5.74) is 0.715. The lowest BCUT2D eigenvalue weighted by atomic mass is 10.0. The number of piperidine rings is 1. The van der Waals surface area contributed by atoms with E-state index in [2.05, 4.69) is 39.5 Å². The molecule has 0 atom stereocenters. The molecule has 1 aromatic heterocycles. The molecule has 9 heteroatoms. The maximum atomic E-state index is 9.72. The zero-order valence-electron chi connectivity index (χ0n) is 19.0. The molecule has 0 amide bonds. The van der Waals surface area contributed by atoms with Crippen molar-refractivity contribution in [2.24, 2.45) is 0 Å². The van der Waals surface area contributed by atoms with Gasteiger partial charge in [-0.2, -0.15) is 15.0 Å². The highest BCUT2D eigenvalue weighted by atomic mass is 35.5. The molecule has 4 rings (SSSR count). The maximum Gasteiger partial charge on any atom is 0.233 e. The SMILES string of the molecule is CN1CCC(N(C)c2nc(Nc3ccc(O)c(Cl)c3)nc(NC3CCCCCC3)n2)CC1. The van der Waals surface area contributed by atoms with E-state index in [1.807, 2.05) is 0 Å². The number of halogens is 1. The number of phenols is 1. The van der Waals surface area contributed by atoms with Crippen molar-refractivity contribution < 1.29 is 5.11 Å². The van der Waals surface area contributed by atoms with E-state index >= 15 is 0 Å². The van der Waals surface area contributed by atoms with Crippen LogP contribution in [0.5, 0.6) is 5.75 Å². The van der Waals surface area contributed by atoms with E-state index in [9.17, 15) is 5.11 Å². The summed E-state index contributed by atoms with van der Waals surface area (Å²) in [5.74, 6) is 1.78. The molecule has 2 heterocycles. The lowest BCUT2D eigenvalue weighted by Crippen LogP contribution is -2.42. The Morgan fingerprint density at radius 3 is 2.38 bits per heavy atom. The zero-order valence-corrected chi connectivity index (χ0v) is 19.8. The quantitative estimate of drug-likeness (QED) is 0.425. The van der Waals surface area contributed by atoms with Crippen molar-refractivity contribution in [1.29, 1.82) is 0 Å². The number of anilines is 4. The molecule has 2 aromatic rings. The monoisotopic (exact) mass is 459 g/mol. The van der Waals surface area contributed by atoms with Crippen LogP contribution in [0.25, 0.3) is 0 Å². The van der Waals surface area contributed by atoms with Crippen molar-refractivity contribution >= 4 is 35.1 Å². The molecular weight excluding hydrogens is 426 g/mol. The highest BCUT2D eigenvalue weighted by Gasteiger charge is 2.24. The third-order valence-electron chi connectivity index (χ3n) is 6.57. The number of aromatic nitrogens is 3. The van der Waals surface area contributed by atoms with Gasteiger partial charge in [0.2, 0.25) is 17.8 Å². The summed E-state index contributed by atoms with van der Waals surface area (Å²) in [5, 5.41) is 16.8. The van der Waals surface area contributed by atoms with Crippen molar-refractivity contribution in [3.63, 3.8) is 0 Å². The standard InChI is InChI=1S/C23H34ClN7O/c1-30-13-11-18(12-14-30)31(2)23-28-21(25-16-7-5-3-4-6-8-16)27-22(29-23)26-17-9-10-20(32)19(24)15-17/h9-10,15-16,18,32H,3-8,11-14H2,1-2H3,(H2,25,26,27,28,29).